The molecule has 0 aliphatic carbocycles. The molecule has 7 rings (SSSR count). The monoisotopic (exact) mass is 684 g/mol. The van der Waals surface area contributed by atoms with Crippen LogP contribution in [0.5, 0.6) is 0 Å². The van der Waals surface area contributed by atoms with Crippen molar-refractivity contribution >= 4 is 64.6 Å². The molecular weight excluding hydrogens is 649 g/mol. The average molecular weight is 685 g/mol. The molecule has 0 heteroatoms. The highest BCUT2D eigenvalue weighted by Crippen LogP contribution is 2.14. The lowest BCUT2D eigenvalue weighted by molar-refractivity contribution is 1.51. The summed E-state index contributed by atoms with van der Waals surface area (Å²) in [5.74, 6) is 0. The molecule has 0 aliphatic rings. The predicted molar refractivity (Wildman–Crippen MR) is 225 cm³/mol. The lowest BCUT2D eigenvalue weighted by Crippen LogP contribution is -1.72. The first-order chi connectivity index (χ1) is 26.1. The van der Waals surface area contributed by atoms with Gasteiger partial charge < -0.3 is 0 Å². The van der Waals surface area contributed by atoms with Crippen LogP contribution in [0.1, 0.15) is 33.4 Å². The first kappa shape index (κ1) is 35.1. The maximum absolute atomic E-state index is 3.37. The van der Waals surface area contributed by atoms with Gasteiger partial charge in [0.2, 0.25) is 0 Å². The van der Waals surface area contributed by atoms with Crippen molar-refractivity contribution in [2.24, 2.45) is 0 Å². The van der Waals surface area contributed by atoms with E-state index in [4.69, 9.17) is 0 Å². The van der Waals surface area contributed by atoms with Crippen molar-refractivity contribution in [1.29, 1.82) is 0 Å². The summed E-state index contributed by atoms with van der Waals surface area (Å²) in [5, 5.41) is 11.0. The van der Waals surface area contributed by atoms with E-state index in [9.17, 15) is 0 Å². The number of benzene rings is 6. The first-order valence-electron chi connectivity index (χ1n) is 17.9. The zero-order chi connectivity index (χ0) is 37.6. The SMILES string of the molecule is Cc1cc2c#cc3cc(C)cc(c#cc4cc(C)cc(c#cc5cc(C)cc(c#cc6cc(C)cc(c#cc7cc(C)cc(c#cc(c1)c2)c7)c6)c5)c4)c3. The molecule has 12 bridgehead atoms. The summed E-state index contributed by atoms with van der Waals surface area (Å²) in [6.45, 7) is 12.5. The van der Waals surface area contributed by atoms with Gasteiger partial charge in [0.25, 0.3) is 0 Å². The molecule has 0 heterocycles. The zero-order valence-corrected chi connectivity index (χ0v) is 31.4. The molecule has 0 fully saturated rings. The molecule has 0 aromatic heterocycles. The van der Waals surface area contributed by atoms with Gasteiger partial charge >= 0.3 is 0 Å². The topological polar surface area (TPSA) is 0 Å². The summed E-state index contributed by atoms with van der Waals surface area (Å²) in [4.78, 5) is 0. The highest BCUT2D eigenvalue weighted by molar-refractivity contribution is 5.73. The summed E-state index contributed by atoms with van der Waals surface area (Å²) in [6, 6.07) is 77.9. The Hall–Kier alpha value is -7.32. The summed E-state index contributed by atoms with van der Waals surface area (Å²) < 4.78 is 0. The molecule has 0 unspecified atom stereocenters. The second kappa shape index (κ2) is 15.5. The first-order valence-corrected chi connectivity index (χ1v) is 17.9. The van der Waals surface area contributed by atoms with Crippen LogP contribution in [0.25, 0.3) is 64.6 Å². The van der Waals surface area contributed by atoms with Gasteiger partial charge in [-0.15, -0.1) is 0 Å². The van der Waals surface area contributed by atoms with E-state index in [2.05, 4.69) is 187 Å². The number of rotatable bonds is 0. The number of aryl methyl sites for hydroxylation is 6. The Bertz CT molecular complexity index is 2200. The summed E-state index contributed by atoms with van der Waals surface area (Å²) in [6.07, 6.45) is 0. The van der Waals surface area contributed by atoms with Crippen LogP contribution in [-0.2, 0) is 0 Å². The Balaban J connectivity index is 1.47. The zero-order valence-electron chi connectivity index (χ0n) is 31.4. The van der Waals surface area contributed by atoms with Gasteiger partial charge in [0.05, 0.1) is 0 Å². The van der Waals surface area contributed by atoms with E-state index in [1.807, 2.05) is 36.4 Å². The summed E-state index contributed by atoms with van der Waals surface area (Å²) >= 11 is 0. The standard InChI is InChI=1S/C54H36/c1-37-19-43-7-9-45-21-38(2)23-47(32-45)11-13-49-25-40(4)27-51(34-49)15-17-53-29-42(6)30-54(36-53)18-16-52-28-41(5)26-50(35-52)14-12-48-24-39(3)22-46(33-48)10-8-44(20-37)31-43/h19-36H,1-6H3. The molecule has 0 radical (unpaired) electrons. The third-order valence-corrected chi connectivity index (χ3v) is 8.57. The van der Waals surface area contributed by atoms with Crippen molar-refractivity contribution in [3.63, 3.8) is 0 Å². The van der Waals surface area contributed by atoms with Crippen LogP contribution in [0.15, 0.2) is 109 Å². The van der Waals surface area contributed by atoms with Crippen molar-refractivity contribution in [3.8, 4) is 0 Å². The van der Waals surface area contributed by atoms with Crippen LogP contribution in [0.4, 0.5) is 0 Å². The Labute approximate surface area is 320 Å². The fourth-order valence-electron chi connectivity index (χ4n) is 6.43. The van der Waals surface area contributed by atoms with E-state index in [0.717, 1.165) is 98.0 Å². The minimum Gasteiger partial charge on any atom is -0.0616 e. The molecule has 7 aromatic rings. The molecule has 0 nitrogen and oxygen atoms in total. The molecule has 0 aliphatic heterocycles. The van der Waals surface area contributed by atoms with E-state index in [1.165, 1.54) is 0 Å². The Morgan fingerprint density at radius 3 is 0.352 bits per heavy atom. The van der Waals surface area contributed by atoms with E-state index < -0.39 is 0 Å². The third-order valence-electron chi connectivity index (χ3n) is 8.57. The van der Waals surface area contributed by atoms with Crippen molar-refractivity contribution in [3.05, 3.63) is 215 Å². The molecule has 0 N–H and O–H groups in total. The molecule has 0 spiro atoms. The van der Waals surface area contributed by atoms with Crippen LogP contribution in [-0.4, -0.2) is 0 Å². The fourth-order valence-corrected chi connectivity index (χ4v) is 6.43. The fraction of sp³-hybridized carbons (Fsp3) is 0.111. The van der Waals surface area contributed by atoms with Crippen molar-refractivity contribution in [2.75, 3.05) is 0 Å². The highest BCUT2D eigenvalue weighted by Gasteiger charge is 1.93. The smallest absolute Gasteiger partial charge is 0.0264 e. The lowest BCUT2D eigenvalue weighted by Gasteiger charge is -1.93. The van der Waals surface area contributed by atoms with Gasteiger partial charge in [-0.1, -0.05) is 72.8 Å². The quantitative estimate of drug-likeness (QED) is 0.149. The normalized spacial score (nSPS) is 9.89. The van der Waals surface area contributed by atoms with Crippen molar-refractivity contribution in [2.45, 2.75) is 41.5 Å². The Kier molecular flexibility index (Phi) is 10.1. The van der Waals surface area contributed by atoms with E-state index in [0.29, 0.717) is 0 Å². The van der Waals surface area contributed by atoms with Gasteiger partial charge in [0.1, 0.15) is 0 Å². The highest BCUT2D eigenvalue weighted by atomic mass is 14.0. The number of fused-ring (bicyclic) bond motifs is 12. The molecule has 0 atom stereocenters. The van der Waals surface area contributed by atoms with Crippen LogP contribution in [0, 0.1) is 114 Å². The van der Waals surface area contributed by atoms with E-state index in [-0.39, 0.29) is 0 Å². The van der Waals surface area contributed by atoms with Crippen LogP contribution < -0.4 is 0 Å². The summed E-state index contributed by atoms with van der Waals surface area (Å²) in [5.41, 5.74) is 6.65. The molecule has 7 aromatic carbocycles. The van der Waals surface area contributed by atoms with Gasteiger partial charge in [-0.25, -0.2) is 0 Å². The van der Waals surface area contributed by atoms with Gasteiger partial charge in [0.15, 0.2) is 0 Å². The van der Waals surface area contributed by atoms with Crippen LogP contribution in [0.2, 0.25) is 0 Å². The van der Waals surface area contributed by atoms with Crippen LogP contribution >= 0.6 is 0 Å². The molecule has 0 saturated heterocycles. The molecule has 54 heavy (non-hydrogen) atoms. The molecule has 0 saturated carbocycles. The predicted octanol–water partition coefficient (Wildman–Crippen LogP) is 13.1. The third kappa shape index (κ3) is 9.51. The second-order valence-electron chi connectivity index (χ2n) is 14.0. The molecule has 252 valence electrons. The Morgan fingerprint density at radius 2 is 0.259 bits per heavy atom. The van der Waals surface area contributed by atoms with Crippen molar-refractivity contribution < 1.29 is 0 Å². The number of hydrogen-bond acceptors (Lipinski definition) is 0. The van der Waals surface area contributed by atoms with E-state index >= 15 is 0 Å². The van der Waals surface area contributed by atoms with Gasteiger partial charge in [-0.05, 0) is 184 Å². The van der Waals surface area contributed by atoms with Gasteiger partial charge in [-0.2, -0.15) is 0 Å². The largest absolute Gasteiger partial charge is 0.0616 e. The molecular formula is C54H36. The molecule has 0 amide bonds. The van der Waals surface area contributed by atoms with E-state index in [1.54, 1.807) is 0 Å². The maximum Gasteiger partial charge on any atom is 0.0264 e. The van der Waals surface area contributed by atoms with Crippen molar-refractivity contribution in [1.82, 2.24) is 0 Å². The van der Waals surface area contributed by atoms with Crippen LogP contribution in [0.3, 0.4) is 0 Å². The minimum absolute atomic E-state index is 0.918. The van der Waals surface area contributed by atoms with Gasteiger partial charge in [-0.3, -0.25) is 0 Å². The maximum atomic E-state index is 3.37. The number of hydrogen-bond donors (Lipinski definition) is 0. The average Bonchev–Trinajstić information content (AvgIpc) is 3.12. The second-order valence-corrected chi connectivity index (χ2v) is 14.0. The lowest BCUT2D eigenvalue weighted by atomic mass is 10.1. The van der Waals surface area contributed by atoms with Gasteiger partial charge in [0, 0.05) is 64.6 Å². The Morgan fingerprint density at radius 1 is 0.167 bits per heavy atom. The minimum atomic E-state index is 0.918. The summed E-state index contributed by atoms with van der Waals surface area (Å²) in [7, 11) is 0.